The third kappa shape index (κ3) is 18.6. The predicted molar refractivity (Wildman–Crippen MR) is 315 cm³/mol. The van der Waals surface area contributed by atoms with E-state index in [4.69, 9.17) is 89.5 Å². The monoisotopic (exact) mass is 1210 g/mol. The van der Waals surface area contributed by atoms with Gasteiger partial charge in [0.1, 0.15) is 45.0 Å². The topological polar surface area (TPSA) is 220 Å². The molecule has 5 heterocycles. The Morgan fingerprint density at radius 2 is 1.24 bits per heavy atom. The van der Waals surface area contributed by atoms with Crippen LogP contribution in [-0.4, -0.2) is 116 Å². The zero-order valence-electron chi connectivity index (χ0n) is 48.1. The number of amidine groups is 1. The van der Waals surface area contributed by atoms with Crippen LogP contribution >= 0.6 is 46.4 Å². The predicted octanol–water partition coefficient (Wildman–Crippen LogP) is 14.0. The number of rotatable bonds is 16. The average molecular weight is 1210 g/mol. The number of pyridine rings is 2. The number of hydrogen-bond donors (Lipinski definition) is 1. The number of carbonyl (C=O) groups is 3. The van der Waals surface area contributed by atoms with E-state index in [-0.39, 0.29) is 88.1 Å². The van der Waals surface area contributed by atoms with Crippen LogP contribution in [0.4, 0.5) is 0 Å². The van der Waals surface area contributed by atoms with Crippen LogP contribution in [0.15, 0.2) is 70.4 Å². The molecular formula is C60H73Cl4N7O11. The van der Waals surface area contributed by atoms with Crippen molar-refractivity contribution in [2.45, 2.75) is 163 Å². The maximum Gasteiger partial charge on any atom is 0.309 e. The quantitative estimate of drug-likeness (QED) is 0.0420. The van der Waals surface area contributed by atoms with Crippen molar-refractivity contribution in [1.29, 1.82) is 5.41 Å². The number of fused-ring (bicyclic) bond motifs is 1. The molecule has 3 fully saturated rings. The van der Waals surface area contributed by atoms with Crippen molar-refractivity contribution in [2.75, 3.05) is 26.2 Å². The molecule has 0 bridgehead atoms. The first-order valence-corrected chi connectivity index (χ1v) is 29.2. The second kappa shape index (κ2) is 28.4. The molecule has 3 aromatic heterocycles. The Morgan fingerprint density at radius 3 is 1.78 bits per heavy atom. The molecule has 0 amide bonds. The first kappa shape index (κ1) is 63.4. The van der Waals surface area contributed by atoms with Crippen molar-refractivity contribution in [3.05, 3.63) is 92.1 Å². The van der Waals surface area contributed by atoms with Crippen molar-refractivity contribution in [1.82, 2.24) is 25.0 Å². The number of aromatic nitrogens is 4. The largest absolute Gasteiger partial charge is 0.490 e. The van der Waals surface area contributed by atoms with Gasteiger partial charge in [0.05, 0.1) is 51.1 Å². The molecule has 442 valence electrons. The lowest BCUT2D eigenvalue weighted by molar-refractivity contribution is -0.167. The zero-order valence-corrected chi connectivity index (χ0v) is 51.1. The van der Waals surface area contributed by atoms with Crippen molar-refractivity contribution >= 4 is 75.9 Å². The van der Waals surface area contributed by atoms with E-state index in [2.05, 4.69) is 30.0 Å². The fraction of sp³-hybridized carbons (Fsp3) is 0.517. The van der Waals surface area contributed by atoms with Crippen molar-refractivity contribution in [2.24, 2.45) is 16.8 Å². The van der Waals surface area contributed by atoms with Crippen LogP contribution in [0.1, 0.15) is 143 Å². The van der Waals surface area contributed by atoms with E-state index in [9.17, 15) is 14.4 Å². The highest BCUT2D eigenvalue weighted by molar-refractivity contribution is 6.34. The third-order valence-corrected chi connectivity index (χ3v) is 14.0. The normalized spacial score (nSPS) is 18.5. The molecule has 1 saturated heterocycles. The summed E-state index contributed by atoms with van der Waals surface area (Å²) in [5.41, 5.74) is 0.699. The standard InChI is InChI=1S/C26H30Cl2N2O6.C25H27Cl2N3O5.C9H16N2/c1-14(2)34-24-21(28)10-16(12-30-24)23(29)33-13-22(31)19-7-6-17(11-20(19)27)35-18-8-15(9-18)25(32)36-26(3,4)5;1-13(2)32-23-20(27)10-15(12-28-23)22-29-21(30-35-22)18-7-6-16(11-19(18)26)33-17-8-14(9-17)24(31)34-25(3,4)5;1-3-7-11-8-4-2-6-10-9(11)5-1/h6-7,10-12,14-15,18,29H,8-9,13H2,1-5H3;6-7,10-14,17H,8-9H2,1-5H3;1-8H2. The molecule has 2 aromatic carbocycles. The molecule has 2 aliphatic heterocycles. The van der Waals surface area contributed by atoms with Gasteiger partial charge in [0, 0.05) is 49.6 Å². The fourth-order valence-corrected chi connectivity index (χ4v) is 9.74. The van der Waals surface area contributed by atoms with E-state index < -0.39 is 17.0 Å². The number of ether oxygens (including phenoxy) is 7. The van der Waals surface area contributed by atoms with E-state index in [1.54, 1.807) is 48.7 Å². The van der Waals surface area contributed by atoms with Crippen LogP contribution in [0, 0.1) is 17.2 Å². The highest BCUT2D eigenvalue weighted by atomic mass is 35.5. The lowest BCUT2D eigenvalue weighted by atomic mass is 9.82. The molecule has 5 aromatic rings. The number of nitrogens with one attached hydrogen (secondary N) is 1. The van der Waals surface area contributed by atoms with Crippen LogP contribution in [0.3, 0.4) is 0 Å². The summed E-state index contributed by atoms with van der Waals surface area (Å²) < 4.78 is 44.4. The van der Waals surface area contributed by atoms with Crippen LogP contribution in [-0.2, 0) is 23.8 Å². The molecule has 0 unspecified atom stereocenters. The van der Waals surface area contributed by atoms with Gasteiger partial charge in [0.2, 0.25) is 29.3 Å². The number of Topliss-reactive ketones (excluding diaryl/α,β-unsaturated/α-hetero) is 1. The number of aliphatic imine (C=N–C) groups is 1. The molecular weight excluding hydrogens is 1140 g/mol. The summed E-state index contributed by atoms with van der Waals surface area (Å²) in [7, 11) is 0. The second-order valence-corrected chi connectivity index (χ2v) is 24.6. The molecule has 2 aliphatic carbocycles. The zero-order chi connectivity index (χ0) is 59.5. The van der Waals surface area contributed by atoms with Crippen molar-refractivity contribution < 1.29 is 52.1 Å². The summed E-state index contributed by atoms with van der Waals surface area (Å²) in [6.07, 6.45) is 11.6. The first-order valence-electron chi connectivity index (χ1n) is 27.7. The van der Waals surface area contributed by atoms with Gasteiger partial charge >= 0.3 is 11.9 Å². The number of nitrogens with zero attached hydrogens (tertiary/aromatic N) is 6. The van der Waals surface area contributed by atoms with Gasteiger partial charge in [-0.2, -0.15) is 4.98 Å². The van der Waals surface area contributed by atoms with E-state index >= 15 is 0 Å². The van der Waals surface area contributed by atoms with Crippen LogP contribution in [0.5, 0.6) is 23.3 Å². The Balaban J connectivity index is 0.000000198. The first-order chi connectivity index (χ1) is 38.8. The molecule has 0 spiro atoms. The van der Waals surface area contributed by atoms with Gasteiger partial charge in [-0.25, -0.2) is 9.97 Å². The van der Waals surface area contributed by atoms with Crippen molar-refractivity contribution in [3.8, 4) is 46.1 Å². The molecule has 18 nitrogen and oxygen atoms in total. The number of ketones is 1. The number of piperidine rings is 1. The Hall–Kier alpha value is -6.21. The Morgan fingerprint density at radius 1 is 0.695 bits per heavy atom. The Bertz CT molecular complexity index is 3070. The second-order valence-electron chi connectivity index (χ2n) is 22.9. The molecule has 2 saturated carbocycles. The van der Waals surface area contributed by atoms with E-state index in [0.717, 1.165) is 6.54 Å². The van der Waals surface area contributed by atoms with Gasteiger partial charge in [0.15, 0.2) is 6.61 Å². The molecule has 82 heavy (non-hydrogen) atoms. The van der Waals surface area contributed by atoms with Crippen LogP contribution in [0.25, 0.3) is 22.8 Å². The molecule has 1 N–H and O–H groups in total. The Labute approximate surface area is 499 Å². The summed E-state index contributed by atoms with van der Waals surface area (Å²) in [4.78, 5) is 56.7. The van der Waals surface area contributed by atoms with Crippen molar-refractivity contribution in [3.63, 3.8) is 0 Å². The number of esters is 2. The van der Waals surface area contributed by atoms with Crippen LogP contribution < -0.4 is 18.9 Å². The number of halogens is 4. The Kier molecular flexibility index (Phi) is 21.9. The highest BCUT2D eigenvalue weighted by Crippen LogP contribution is 2.38. The summed E-state index contributed by atoms with van der Waals surface area (Å²) in [6.45, 7) is 21.8. The summed E-state index contributed by atoms with van der Waals surface area (Å²) in [5.74, 6) is 2.31. The lowest BCUT2D eigenvalue weighted by Gasteiger charge is -2.35. The van der Waals surface area contributed by atoms with E-state index in [1.807, 2.05) is 69.2 Å². The minimum atomic E-state index is -0.516. The molecule has 0 atom stereocenters. The molecule has 9 rings (SSSR count). The summed E-state index contributed by atoms with van der Waals surface area (Å²) in [5, 5.41) is 13.3. The van der Waals surface area contributed by atoms with E-state index in [1.165, 1.54) is 63.3 Å². The molecule has 22 heteroatoms. The summed E-state index contributed by atoms with van der Waals surface area (Å²) >= 11 is 25.2. The van der Waals surface area contributed by atoms with Gasteiger partial charge in [-0.05, 0) is 169 Å². The fourth-order valence-electron chi connectivity index (χ4n) is 8.79. The van der Waals surface area contributed by atoms with Gasteiger partial charge in [-0.1, -0.05) is 51.6 Å². The molecule has 0 radical (unpaired) electrons. The molecule has 4 aliphatic rings. The summed E-state index contributed by atoms with van der Waals surface area (Å²) in [6, 6.07) is 13.1. The van der Waals surface area contributed by atoms with E-state index in [0.29, 0.717) is 75.6 Å². The number of hydrogen-bond acceptors (Lipinski definition) is 18. The number of carbonyl (C=O) groups excluding carboxylic acids is 3. The van der Waals surface area contributed by atoms with Gasteiger partial charge in [-0.15, -0.1) is 0 Å². The lowest BCUT2D eigenvalue weighted by Crippen LogP contribution is -2.41. The third-order valence-electron chi connectivity index (χ3n) is 12.9. The highest BCUT2D eigenvalue weighted by Gasteiger charge is 2.40. The van der Waals surface area contributed by atoms with Gasteiger partial charge in [-0.3, -0.25) is 24.8 Å². The SMILES string of the molecule is C1CCN2CCCCC2=NC1.CC(C)Oc1ncc(-c2nc(-c3ccc(OC4CC(C(=O)OC(C)(C)C)C4)cc3Cl)no2)cc1Cl.CC(C)Oc1ncc(C(=N)OCC(=O)c2ccc(OC3CC(C(=O)OC(C)(C)C)C3)cc2Cl)cc1Cl. The minimum absolute atomic E-state index is 0.0503. The minimum Gasteiger partial charge on any atom is -0.490 e. The van der Waals surface area contributed by atoms with Crippen LogP contribution in [0.2, 0.25) is 20.1 Å². The smallest absolute Gasteiger partial charge is 0.309 e. The number of benzene rings is 2. The average Bonchev–Trinajstić information content (AvgIpc) is 3.93. The van der Waals surface area contributed by atoms with Gasteiger partial charge < -0.3 is 42.6 Å². The maximum absolute atomic E-state index is 12.6. The van der Waals surface area contributed by atoms with Gasteiger partial charge in [0.25, 0.3) is 5.89 Å². The maximum atomic E-state index is 12.6.